The molecule has 146 valence electrons. The van der Waals surface area contributed by atoms with E-state index in [-0.39, 0.29) is 23.9 Å². The van der Waals surface area contributed by atoms with Crippen molar-refractivity contribution in [1.82, 2.24) is 4.98 Å². The molecule has 1 aliphatic rings. The first kappa shape index (κ1) is 19.3. The Morgan fingerprint density at radius 3 is 2.74 bits per heavy atom. The van der Waals surface area contributed by atoms with E-state index in [2.05, 4.69) is 4.98 Å². The number of anilines is 1. The molecule has 27 heavy (non-hydrogen) atoms. The number of alkyl halides is 3. The van der Waals surface area contributed by atoms with Gasteiger partial charge in [0.2, 0.25) is 0 Å². The molecule has 3 rings (SSSR count). The van der Waals surface area contributed by atoms with Gasteiger partial charge < -0.3 is 9.64 Å². The maximum atomic E-state index is 13.9. The lowest BCUT2D eigenvalue weighted by Gasteiger charge is -2.33. The van der Waals surface area contributed by atoms with Crippen LogP contribution in [-0.4, -0.2) is 30.1 Å². The van der Waals surface area contributed by atoms with Crippen LogP contribution < -0.4 is 9.64 Å². The molecule has 1 aromatic heterocycles. The van der Waals surface area contributed by atoms with E-state index < -0.39 is 28.3 Å². The van der Waals surface area contributed by atoms with Crippen molar-refractivity contribution in [2.24, 2.45) is 0 Å². The number of hydrogen-bond acceptors (Lipinski definition) is 6. The summed E-state index contributed by atoms with van der Waals surface area (Å²) in [7, 11) is 1.25. The number of hydrogen-bond donors (Lipinski definition) is 0. The van der Waals surface area contributed by atoms with Gasteiger partial charge in [0.05, 0.1) is 23.1 Å². The van der Waals surface area contributed by atoms with E-state index in [0.29, 0.717) is 24.4 Å². The minimum absolute atomic E-state index is 0.133. The summed E-state index contributed by atoms with van der Waals surface area (Å²) in [4.78, 5) is 16.0. The molecule has 0 radical (unpaired) electrons. The minimum Gasteiger partial charge on any atom is -0.494 e. The number of halogens is 4. The number of nitro benzene ring substituents is 1. The Bertz CT molecular complexity index is 856. The molecule has 6 nitrogen and oxygen atoms in total. The molecular weight excluding hydrogens is 390 g/mol. The van der Waals surface area contributed by atoms with Crippen molar-refractivity contribution in [2.75, 3.05) is 25.1 Å². The molecule has 2 heterocycles. The van der Waals surface area contributed by atoms with Crippen molar-refractivity contribution in [2.45, 2.75) is 24.9 Å². The molecule has 1 aromatic carbocycles. The molecule has 1 saturated heterocycles. The zero-order valence-electron chi connectivity index (χ0n) is 14.1. The van der Waals surface area contributed by atoms with Crippen molar-refractivity contribution < 1.29 is 27.2 Å². The Hall–Kier alpha value is -2.43. The van der Waals surface area contributed by atoms with Crippen LogP contribution >= 0.6 is 11.3 Å². The predicted octanol–water partition coefficient (Wildman–Crippen LogP) is 4.60. The molecule has 0 amide bonds. The van der Waals surface area contributed by atoms with E-state index in [1.54, 1.807) is 4.90 Å². The standard InChI is InChI=1S/C16H15F4N3O3S/c1-26-13-6-11(12(23(24)25)5-10(13)17)22-4-2-3-9(7-22)15-21-14(8-27-15)16(18,19)20/h5-6,8-9H,2-4,7H2,1H3. The first-order valence-corrected chi connectivity index (χ1v) is 8.88. The molecule has 1 atom stereocenters. The number of benzene rings is 1. The van der Waals surface area contributed by atoms with Crippen LogP contribution in [0.3, 0.4) is 0 Å². The smallest absolute Gasteiger partial charge is 0.434 e. The molecular formula is C16H15F4N3O3S. The molecule has 1 unspecified atom stereocenters. The van der Waals surface area contributed by atoms with Gasteiger partial charge in [-0.2, -0.15) is 13.2 Å². The summed E-state index contributed by atoms with van der Waals surface area (Å²) in [6.45, 7) is 0.712. The van der Waals surface area contributed by atoms with E-state index >= 15 is 0 Å². The summed E-state index contributed by atoms with van der Waals surface area (Å²) in [6.07, 6.45) is -3.28. The molecule has 0 saturated carbocycles. The molecule has 2 aromatic rings. The molecule has 0 aliphatic carbocycles. The van der Waals surface area contributed by atoms with Crippen molar-refractivity contribution >= 4 is 22.7 Å². The number of thiazole rings is 1. The van der Waals surface area contributed by atoms with Gasteiger partial charge in [-0.3, -0.25) is 10.1 Å². The van der Waals surface area contributed by atoms with Gasteiger partial charge in [-0.25, -0.2) is 9.37 Å². The second-order valence-corrected chi connectivity index (χ2v) is 6.98. The average molecular weight is 405 g/mol. The second-order valence-electron chi connectivity index (χ2n) is 6.09. The van der Waals surface area contributed by atoms with Gasteiger partial charge in [-0.15, -0.1) is 11.3 Å². The van der Waals surface area contributed by atoms with Crippen LogP contribution in [0, 0.1) is 15.9 Å². The average Bonchev–Trinajstić information content (AvgIpc) is 3.12. The highest BCUT2D eigenvalue weighted by Gasteiger charge is 2.35. The number of piperidine rings is 1. The SMILES string of the molecule is COc1cc(N2CCCC(c3nc(C(F)(F)F)cs3)C2)c([N+](=O)[O-])cc1F. The van der Waals surface area contributed by atoms with Gasteiger partial charge in [0, 0.05) is 30.5 Å². The Labute approximate surface area is 155 Å². The first-order chi connectivity index (χ1) is 12.7. The third-order valence-electron chi connectivity index (χ3n) is 4.37. The fraction of sp³-hybridized carbons (Fsp3) is 0.438. The number of rotatable bonds is 4. The highest BCUT2D eigenvalue weighted by Crippen LogP contribution is 2.39. The van der Waals surface area contributed by atoms with Crippen LogP contribution in [0.25, 0.3) is 0 Å². The normalized spacial score (nSPS) is 17.8. The minimum atomic E-state index is -4.51. The Morgan fingerprint density at radius 2 is 2.15 bits per heavy atom. The molecule has 1 fully saturated rings. The second kappa shape index (κ2) is 7.29. The molecule has 1 aliphatic heterocycles. The van der Waals surface area contributed by atoms with Gasteiger partial charge in [-0.1, -0.05) is 0 Å². The topological polar surface area (TPSA) is 68.5 Å². The zero-order chi connectivity index (χ0) is 19.8. The Morgan fingerprint density at radius 1 is 1.41 bits per heavy atom. The van der Waals surface area contributed by atoms with Crippen LogP contribution in [0.1, 0.15) is 29.5 Å². The Kier molecular flexibility index (Phi) is 5.22. The first-order valence-electron chi connectivity index (χ1n) is 8.00. The van der Waals surface area contributed by atoms with E-state index in [9.17, 15) is 27.7 Å². The summed E-state index contributed by atoms with van der Waals surface area (Å²) in [6, 6.07) is 2.04. The summed E-state index contributed by atoms with van der Waals surface area (Å²) in [5, 5.41) is 12.6. The highest BCUT2D eigenvalue weighted by molar-refractivity contribution is 7.09. The third-order valence-corrected chi connectivity index (χ3v) is 5.38. The van der Waals surface area contributed by atoms with Crippen molar-refractivity contribution in [3.63, 3.8) is 0 Å². The van der Waals surface area contributed by atoms with Crippen molar-refractivity contribution in [3.05, 3.63) is 44.1 Å². The summed E-state index contributed by atoms with van der Waals surface area (Å²) < 4.78 is 57.1. The summed E-state index contributed by atoms with van der Waals surface area (Å²) in [5.41, 5.74) is -1.17. The molecule has 0 bridgehead atoms. The lowest BCUT2D eigenvalue weighted by molar-refractivity contribution is -0.384. The van der Waals surface area contributed by atoms with Crippen LogP contribution in [0.2, 0.25) is 0 Å². The predicted molar refractivity (Wildman–Crippen MR) is 90.9 cm³/mol. The molecule has 11 heteroatoms. The highest BCUT2D eigenvalue weighted by atomic mass is 32.1. The van der Waals surface area contributed by atoms with Gasteiger partial charge in [0.15, 0.2) is 17.3 Å². The summed E-state index contributed by atoms with van der Waals surface area (Å²) in [5.74, 6) is -1.28. The fourth-order valence-corrected chi connectivity index (χ4v) is 4.05. The van der Waals surface area contributed by atoms with E-state index in [1.165, 1.54) is 13.2 Å². The number of aromatic nitrogens is 1. The quantitative estimate of drug-likeness (QED) is 0.422. The van der Waals surface area contributed by atoms with Gasteiger partial charge in [0.25, 0.3) is 5.69 Å². The lowest BCUT2D eigenvalue weighted by Crippen LogP contribution is -2.34. The fourth-order valence-electron chi connectivity index (χ4n) is 3.09. The van der Waals surface area contributed by atoms with Crippen LogP contribution in [0.5, 0.6) is 5.75 Å². The van der Waals surface area contributed by atoms with Crippen molar-refractivity contribution in [1.29, 1.82) is 0 Å². The molecule has 0 N–H and O–H groups in total. The van der Waals surface area contributed by atoms with E-state index in [1.807, 2.05) is 0 Å². The largest absolute Gasteiger partial charge is 0.494 e. The number of ether oxygens (including phenoxy) is 1. The van der Waals surface area contributed by atoms with Crippen molar-refractivity contribution in [3.8, 4) is 5.75 Å². The molecule has 0 spiro atoms. The number of methoxy groups -OCH3 is 1. The third kappa shape index (κ3) is 3.97. The Balaban J connectivity index is 1.90. The van der Waals surface area contributed by atoms with Gasteiger partial charge in [0.1, 0.15) is 5.69 Å². The monoisotopic (exact) mass is 405 g/mol. The zero-order valence-corrected chi connectivity index (χ0v) is 14.9. The lowest BCUT2D eigenvalue weighted by atomic mass is 9.98. The maximum absolute atomic E-state index is 13.9. The van der Waals surface area contributed by atoms with Crippen LogP contribution in [-0.2, 0) is 6.18 Å². The summed E-state index contributed by atoms with van der Waals surface area (Å²) >= 11 is 0.924. The van der Waals surface area contributed by atoms with Crippen LogP contribution in [0.15, 0.2) is 17.5 Å². The van der Waals surface area contributed by atoms with Crippen LogP contribution in [0.4, 0.5) is 28.9 Å². The van der Waals surface area contributed by atoms with Gasteiger partial charge >= 0.3 is 6.18 Å². The van der Waals surface area contributed by atoms with E-state index in [0.717, 1.165) is 22.8 Å². The maximum Gasteiger partial charge on any atom is 0.434 e. The van der Waals surface area contributed by atoms with Gasteiger partial charge in [-0.05, 0) is 12.8 Å². The number of nitro groups is 1. The van der Waals surface area contributed by atoms with E-state index in [4.69, 9.17) is 4.74 Å². The number of nitrogens with zero attached hydrogens (tertiary/aromatic N) is 3.